The van der Waals surface area contributed by atoms with E-state index in [1.807, 2.05) is 0 Å². The van der Waals surface area contributed by atoms with Crippen LogP contribution in [-0.2, 0) is 16.4 Å². The number of carbonyl (C=O) groups is 1. The van der Waals surface area contributed by atoms with Gasteiger partial charge in [0.15, 0.2) is 0 Å². The zero-order valence-electron chi connectivity index (χ0n) is 15.0. The molecule has 0 atom stereocenters. The van der Waals surface area contributed by atoms with E-state index in [4.69, 9.17) is 0 Å². The summed E-state index contributed by atoms with van der Waals surface area (Å²) in [5, 5.41) is 12.4. The number of amides is 1. The van der Waals surface area contributed by atoms with E-state index in [1.54, 1.807) is 18.2 Å². The molecule has 2 aromatic rings. The van der Waals surface area contributed by atoms with E-state index in [0.717, 1.165) is 23.4 Å². The fraction of sp³-hybridized carbons (Fsp3) is 0.471. The molecule has 1 amide bonds. The molecule has 0 saturated heterocycles. The molecule has 0 unspecified atom stereocenters. The van der Waals surface area contributed by atoms with E-state index in [0.29, 0.717) is 35.3 Å². The average molecular weight is 395 g/mol. The Hall–Kier alpha value is -2.00. The van der Waals surface area contributed by atoms with Gasteiger partial charge >= 0.3 is 0 Å². The first kappa shape index (κ1) is 18.8. The van der Waals surface area contributed by atoms with Crippen molar-refractivity contribution in [2.45, 2.75) is 39.0 Å². The number of benzene rings is 1. The van der Waals surface area contributed by atoms with E-state index < -0.39 is 10.0 Å². The van der Waals surface area contributed by atoms with Crippen LogP contribution in [0.2, 0.25) is 0 Å². The van der Waals surface area contributed by atoms with Crippen molar-refractivity contribution < 1.29 is 13.2 Å². The Morgan fingerprint density at radius 3 is 2.69 bits per heavy atom. The van der Waals surface area contributed by atoms with Crippen LogP contribution in [0.1, 0.15) is 53.5 Å². The second-order valence-electron chi connectivity index (χ2n) is 6.34. The summed E-state index contributed by atoms with van der Waals surface area (Å²) in [6.07, 6.45) is 3.76. The number of aromatic nitrogens is 2. The first-order valence-electron chi connectivity index (χ1n) is 8.58. The highest BCUT2D eigenvalue weighted by Crippen LogP contribution is 2.31. The topological polar surface area (TPSA) is 92.3 Å². The minimum absolute atomic E-state index is 0.266. The molecule has 0 fully saturated rings. The summed E-state index contributed by atoms with van der Waals surface area (Å²) < 4.78 is 25.0. The van der Waals surface area contributed by atoms with Crippen LogP contribution in [-0.4, -0.2) is 37.3 Å². The van der Waals surface area contributed by atoms with Crippen molar-refractivity contribution in [1.29, 1.82) is 0 Å². The molecule has 7 nitrogen and oxygen atoms in total. The Morgan fingerprint density at radius 1 is 1.31 bits per heavy atom. The molecule has 1 aromatic heterocycles. The fourth-order valence-electron chi connectivity index (χ4n) is 3.11. The summed E-state index contributed by atoms with van der Waals surface area (Å²) in [5.41, 5.74) is 1.99. The van der Waals surface area contributed by atoms with E-state index in [2.05, 4.69) is 29.4 Å². The minimum Gasteiger partial charge on any atom is -0.296 e. The Labute approximate surface area is 157 Å². The molecule has 140 valence electrons. The molecule has 1 aromatic carbocycles. The third-order valence-electron chi connectivity index (χ3n) is 4.59. The maximum absolute atomic E-state index is 12.5. The average Bonchev–Trinajstić information content (AvgIpc) is 3.22. The first-order valence-corrected chi connectivity index (χ1v) is 11.2. The summed E-state index contributed by atoms with van der Waals surface area (Å²) in [6, 6.07) is 5.08. The molecule has 0 bridgehead atoms. The standard InChI is InChI=1S/C17H22N4O3S2/c1-4-11(5-2)16-19-20-17(25-16)18-15(22)13-6-7-14-12(10-13)8-9-21(14)26(3,23)24/h6-7,10-11H,4-5,8-9H2,1-3H3,(H,18,20,22). The van der Waals surface area contributed by atoms with E-state index in [1.165, 1.54) is 21.9 Å². The van der Waals surface area contributed by atoms with Crippen LogP contribution in [0, 0.1) is 0 Å². The molecular weight excluding hydrogens is 372 g/mol. The van der Waals surface area contributed by atoms with Crippen LogP contribution >= 0.6 is 11.3 Å². The van der Waals surface area contributed by atoms with Gasteiger partial charge in [-0.2, -0.15) is 0 Å². The number of rotatable bonds is 6. The molecular formula is C17H22N4O3S2. The largest absolute Gasteiger partial charge is 0.296 e. The maximum Gasteiger partial charge on any atom is 0.257 e. The van der Waals surface area contributed by atoms with Crippen LogP contribution in [0.25, 0.3) is 0 Å². The summed E-state index contributed by atoms with van der Waals surface area (Å²) >= 11 is 1.40. The third kappa shape index (κ3) is 3.73. The lowest BCUT2D eigenvalue weighted by Gasteiger charge is -2.16. The summed E-state index contributed by atoms with van der Waals surface area (Å²) in [5.74, 6) is 0.0953. The Balaban J connectivity index is 1.76. The van der Waals surface area contributed by atoms with Crippen molar-refractivity contribution in [2.75, 3.05) is 22.4 Å². The van der Waals surface area contributed by atoms with Crippen molar-refractivity contribution in [2.24, 2.45) is 0 Å². The van der Waals surface area contributed by atoms with Crippen molar-refractivity contribution in [3.8, 4) is 0 Å². The lowest BCUT2D eigenvalue weighted by Crippen LogP contribution is -2.27. The highest BCUT2D eigenvalue weighted by atomic mass is 32.2. The van der Waals surface area contributed by atoms with Gasteiger partial charge in [-0.15, -0.1) is 10.2 Å². The lowest BCUT2D eigenvalue weighted by atomic mass is 10.1. The van der Waals surface area contributed by atoms with Crippen LogP contribution in [0.5, 0.6) is 0 Å². The molecule has 0 spiro atoms. The van der Waals surface area contributed by atoms with Crippen molar-refractivity contribution in [3.63, 3.8) is 0 Å². The molecule has 0 saturated carbocycles. The van der Waals surface area contributed by atoms with Gasteiger partial charge in [0.1, 0.15) is 5.01 Å². The van der Waals surface area contributed by atoms with Gasteiger partial charge in [-0.25, -0.2) is 8.42 Å². The molecule has 0 radical (unpaired) electrons. The van der Waals surface area contributed by atoms with Crippen LogP contribution < -0.4 is 9.62 Å². The number of hydrogen-bond donors (Lipinski definition) is 1. The molecule has 1 N–H and O–H groups in total. The van der Waals surface area contributed by atoms with Gasteiger partial charge in [-0.05, 0) is 43.0 Å². The number of carbonyl (C=O) groups excluding carboxylic acids is 1. The maximum atomic E-state index is 12.5. The van der Waals surface area contributed by atoms with Gasteiger partial charge in [0, 0.05) is 18.0 Å². The number of fused-ring (bicyclic) bond motifs is 1. The van der Waals surface area contributed by atoms with Crippen molar-refractivity contribution in [3.05, 3.63) is 34.3 Å². The van der Waals surface area contributed by atoms with Crippen LogP contribution in [0.3, 0.4) is 0 Å². The monoisotopic (exact) mass is 394 g/mol. The fourth-order valence-corrected chi connectivity index (χ4v) is 5.08. The minimum atomic E-state index is -3.29. The third-order valence-corrected chi connectivity index (χ3v) is 6.77. The predicted octanol–water partition coefficient (Wildman–Crippen LogP) is 3.02. The molecule has 1 aliphatic heterocycles. The predicted molar refractivity (Wildman–Crippen MR) is 104 cm³/mol. The van der Waals surface area contributed by atoms with Crippen molar-refractivity contribution in [1.82, 2.24) is 10.2 Å². The van der Waals surface area contributed by atoms with Crippen LogP contribution in [0.4, 0.5) is 10.8 Å². The van der Waals surface area contributed by atoms with Gasteiger partial charge in [-0.1, -0.05) is 25.2 Å². The molecule has 0 aliphatic carbocycles. The highest BCUT2D eigenvalue weighted by molar-refractivity contribution is 7.92. The molecule has 26 heavy (non-hydrogen) atoms. The smallest absolute Gasteiger partial charge is 0.257 e. The summed E-state index contributed by atoms with van der Waals surface area (Å²) in [4.78, 5) is 12.5. The number of sulfonamides is 1. The summed E-state index contributed by atoms with van der Waals surface area (Å²) in [7, 11) is -3.29. The zero-order valence-corrected chi connectivity index (χ0v) is 16.7. The Kier molecular flexibility index (Phi) is 5.29. The lowest BCUT2D eigenvalue weighted by molar-refractivity contribution is 0.102. The number of nitrogens with zero attached hydrogens (tertiary/aromatic N) is 3. The van der Waals surface area contributed by atoms with Crippen molar-refractivity contribution >= 4 is 38.1 Å². The van der Waals surface area contributed by atoms with E-state index in [9.17, 15) is 13.2 Å². The van der Waals surface area contributed by atoms with E-state index >= 15 is 0 Å². The normalized spacial score (nSPS) is 13.9. The second-order valence-corrected chi connectivity index (χ2v) is 9.26. The molecule has 1 aliphatic rings. The Bertz CT molecular complexity index is 920. The Morgan fingerprint density at radius 2 is 2.04 bits per heavy atom. The van der Waals surface area contributed by atoms with Crippen LogP contribution in [0.15, 0.2) is 18.2 Å². The highest BCUT2D eigenvalue weighted by Gasteiger charge is 2.27. The molecule has 2 heterocycles. The SMILES string of the molecule is CCC(CC)c1nnc(NC(=O)c2ccc3c(c2)CCN3S(C)(=O)=O)s1. The van der Waals surface area contributed by atoms with Gasteiger partial charge in [0.2, 0.25) is 15.2 Å². The van der Waals surface area contributed by atoms with E-state index in [-0.39, 0.29) is 5.91 Å². The molecule has 3 rings (SSSR count). The first-order chi connectivity index (χ1) is 12.3. The molecule has 9 heteroatoms. The number of hydrogen-bond acceptors (Lipinski definition) is 6. The summed E-state index contributed by atoms with van der Waals surface area (Å²) in [6.45, 7) is 4.63. The quantitative estimate of drug-likeness (QED) is 0.813. The van der Waals surface area contributed by atoms with Gasteiger partial charge in [0.25, 0.3) is 5.91 Å². The second kappa shape index (κ2) is 7.32. The van der Waals surface area contributed by atoms with Gasteiger partial charge in [0.05, 0.1) is 11.9 Å². The van der Waals surface area contributed by atoms with Gasteiger partial charge in [-0.3, -0.25) is 14.4 Å². The van der Waals surface area contributed by atoms with Gasteiger partial charge < -0.3 is 0 Å². The number of nitrogens with one attached hydrogen (secondary N) is 1. The zero-order chi connectivity index (χ0) is 18.9. The number of anilines is 2.